The first-order chi connectivity index (χ1) is 50.3. The summed E-state index contributed by atoms with van der Waals surface area (Å²) < 4.78 is 105. The molecule has 10 rings (SSSR count). The summed E-state index contributed by atoms with van der Waals surface area (Å²) in [6.45, 7) is 18.1. The highest BCUT2D eigenvalue weighted by Crippen LogP contribution is 2.44. The molecule has 4 aliphatic rings. The van der Waals surface area contributed by atoms with Gasteiger partial charge in [-0.25, -0.2) is 26.5 Å². The molecule has 572 valence electrons. The van der Waals surface area contributed by atoms with Crippen molar-refractivity contribution in [2.45, 2.75) is 156 Å². The number of anilines is 2. The number of sulfone groups is 1. The lowest BCUT2D eigenvalue weighted by Gasteiger charge is -2.41. The Hall–Kier alpha value is -7.41. The maximum absolute atomic E-state index is 14.4. The van der Waals surface area contributed by atoms with Gasteiger partial charge in [-0.15, -0.1) is 23.1 Å². The number of thioether (sulfide) groups is 1. The van der Waals surface area contributed by atoms with Gasteiger partial charge in [0.25, 0.3) is 25.8 Å². The number of halogens is 4. The van der Waals surface area contributed by atoms with Gasteiger partial charge in [-0.2, -0.15) is 13.2 Å². The molecule has 4 heterocycles. The zero-order chi connectivity index (χ0) is 76.1. The van der Waals surface area contributed by atoms with Crippen LogP contribution in [0, 0.1) is 17.8 Å². The first-order valence-corrected chi connectivity index (χ1v) is 41.2. The highest BCUT2D eigenvalue weighted by Gasteiger charge is 2.49. The number of unbranched alkanes of at least 4 members (excludes halogenated alkanes) is 2. The third-order valence-corrected chi connectivity index (χ3v) is 25.4. The summed E-state index contributed by atoms with van der Waals surface area (Å²) in [5.74, 6) is -1.98. The first kappa shape index (κ1) is 81.1. The Balaban J connectivity index is 0.687. The van der Waals surface area contributed by atoms with Crippen molar-refractivity contribution in [1.82, 2.24) is 40.4 Å². The van der Waals surface area contributed by atoms with Crippen LogP contribution in [-0.4, -0.2) is 185 Å². The number of aliphatic hydroxyl groups is 1. The fourth-order valence-electron chi connectivity index (χ4n) is 13.9. The van der Waals surface area contributed by atoms with Crippen molar-refractivity contribution in [1.29, 1.82) is 0 Å². The molecule has 0 spiro atoms. The Morgan fingerprint density at radius 1 is 0.811 bits per heavy atom. The Labute approximate surface area is 633 Å². The monoisotopic (exact) mass is 1560 g/mol. The molecule has 21 nitrogen and oxygen atoms in total. The molecule has 0 bridgehead atoms. The highest BCUT2D eigenvalue weighted by molar-refractivity contribution is 7.99. The van der Waals surface area contributed by atoms with Crippen LogP contribution in [0.5, 0.6) is 0 Å². The second-order valence-electron chi connectivity index (χ2n) is 29.4. The third-order valence-electron chi connectivity index (χ3n) is 20.1. The van der Waals surface area contributed by atoms with Gasteiger partial charge in [-0.1, -0.05) is 106 Å². The second kappa shape index (κ2) is 35.7. The van der Waals surface area contributed by atoms with Crippen LogP contribution in [0.2, 0.25) is 5.02 Å². The summed E-state index contributed by atoms with van der Waals surface area (Å²) >= 11 is 9.34. The van der Waals surface area contributed by atoms with Crippen LogP contribution in [0.25, 0.3) is 16.0 Å². The van der Waals surface area contributed by atoms with Crippen LogP contribution < -0.4 is 30.9 Å². The van der Waals surface area contributed by atoms with Gasteiger partial charge >= 0.3 is 5.51 Å². The summed E-state index contributed by atoms with van der Waals surface area (Å²) in [6.07, 6.45) is 3.95. The lowest BCUT2D eigenvalue weighted by molar-refractivity contribution is -0.144. The van der Waals surface area contributed by atoms with Crippen molar-refractivity contribution in [2.24, 2.45) is 10.8 Å². The molecule has 6 atom stereocenters. The molecule has 6 unspecified atom stereocenters. The summed E-state index contributed by atoms with van der Waals surface area (Å²) in [5.41, 5.74) is 1.74. The number of piperazine rings is 1. The number of allylic oxidation sites excluding steroid dienone is 1. The molecule has 0 radical (unpaired) electrons. The summed E-state index contributed by atoms with van der Waals surface area (Å²) in [5, 5.41) is 23.6. The maximum Gasteiger partial charge on any atom is 0.501 e. The van der Waals surface area contributed by atoms with E-state index < -0.39 is 88.2 Å². The van der Waals surface area contributed by atoms with Crippen molar-refractivity contribution in [2.75, 3.05) is 94.6 Å². The SMILES string of the molecule is Cc1ncsc1-c1ccc(C(C)NC(=O)C2CC(O)CN2C(=O)C(NC(=O)CCCCCC(=O)NCC2(C)CCC(c3ccc(Cl)cc3)=C(CN3CCN(c4ccc(C(=O)NS(=O)(=O)c5ccc(NC(CCN6CCOCC6)CSc6ccccc6)c(S(=O)(=O)C(F)(F)F)c5)cc4)CC3)C2)C(C)(C)C)cc1. The number of hydrogen-bond acceptors (Lipinski definition) is 18. The van der Waals surface area contributed by atoms with E-state index in [4.69, 9.17) is 16.3 Å². The van der Waals surface area contributed by atoms with Crippen molar-refractivity contribution < 1.29 is 63.8 Å². The van der Waals surface area contributed by atoms with E-state index in [1.165, 1.54) is 39.9 Å². The number of β-amino-alcohol motifs (C(OH)–C–C–N with tert-alkyl or cyclic N) is 1. The van der Waals surface area contributed by atoms with Crippen LogP contribution in [0.15, 0.2) is 147 Å². The van der Waals surface area contributed by atoms with Crippen LogP contribution in [0.1, 0.15) is 132 Å². The Bertz CT molecular complexity index is 4310. The number of amides is 5. The number of likely N-dealkylation sites (tertiary alicyclic amines) is 1. The number of nitrogens with zero attached hydrogens (tertiary/aromatic N) is 5. The van der Waals surface area contributed by atoms with Crippen molar-refractivity contribution in [3.05, 3.63) is 160 Å². The maximum atomic E-state index is 14.4. The second-order valence-corrected chi connectivity index (χ2v) is 35.3. The number of ether oxygens (including phenoxy) is 1. The van der Waals surface area contributed by atoms with E-state index >= 15 is 0 Å². The quantitative estimate of drug-likeness (QED) is 0.0181. The van der Waals surface area contributed by atoms with Crippen LogP contribution >= 0.6 is 34.7 Å². The van der Waals surface area contributed by atoms with E-state index in [-0.39, 0.29) is 54.6 Å². The molecule has 1 aromatic heterocycles. The highest BCUT2D eigenvalue weighted by atomic mass is 35.5. The van der Waals surface area contributed by atoms with Crippen molar-refractivity contribution in [3.8, 4) is 10.4 Å². The van der Waals surface area contributed by atoms with Gasteiger partial charge < -0.3 is 40.9 Å². The third kappa shape index (κ3) is 21.5. The van der Waals surface area contributed by atoms with Gasteiger partial charge in [0.15, 0.2) is 0 Å². The fourth-order valence-corrected chi connectivity index (χ4v) is 17.9. The molecule has 3 saturated heterocycles. The number of alkyl halides is 3. The summed E-state index contributed by atoms with van der Waals surface area (Å²) in [4.78, 5) is 81.0. The van der Waals surface area contributed by atoms with E-state index in [2.05, 4.69) is 47.9 Å². The minimum Gasteiger partial charge on any atom is -0.391 e. The van der Waals surface area contributed by atoms with Gasteiger partial charge in [0, 0.05) is 118 Å². The van der Waals surface area contributed by atoms with E-state index in [0.717, 1.165) is 69.2 Å². The number of aliphatic hydroxyl groups excluding tert-OH is 1. The lowest BCUT2D eigenvalue weighted by Crippen LogP contribution is -2.57. The number of aromatic nitrogens is 1. The molecule has 6 aromatic rings. The molecule has 5 amide bonds. The number of hydrogen-bond donors (Lipinski definition) is 6. The Morgan fingerprint density at radius 3 is 2.13 bits per heavy atom. The molecule has 1 aliphatic carbocycles. The lowest BCUT2D eigenvalue weighted by atomic mass is 9.71. The zero-order valence-corrected chi connectivity index (χ0v) is 64.7. The number of carbonyl (C=O) groups is 5. The summed E-state index contributed by atoms with van der Waals surface area (Å²) in [7, 11) is -11.0. The minimum absolute atomic E-state index is 0.0432. The normalized spacial score (nSPS) is 19.5. The number of sulfonamides is 1. The number of nitrogens with one attached hydrogen (secondary N) is 5. The topological polar surface area (TPSA) is 269 Å². The molecule has 5 aromatic carbocycles. The van der Waals surface area contributed by atoms with Crippen LogP contribution in [0.3, 0.4) is 0 Å². The number of thiazole rings is 1. The predicted molar refractivity (Wildman–Crippen MR) is 409 cm³/mol. The molecule has 106 heavy (non-hydrogen) atoms. The van der Waals surface area contributed by atoms with E-state index in [1.807, 2.05) is 118 Å². The van der Waals surface area contributed by atoms with E-state index in [1.54, 1.807) is 29.0 Å². The Kier molecular flexibility index (Phi) is 27.4. The zero-order valence-electron chi connectivity index (χ0n) is 60.7. The molecule has 6 N–H and O–H groups in total. The van der Waals surface area contributed by atoms with Gasteiger partial charge in [-0.05, 0) is 152 Å². The number of benzene rings is 5. The average molecular weight is 1560 g/mol. The standard InChI is InChI=1S/C77H96ClF3N10O11S4/c1-51(53-17-19-55(20-18-53)70-52(2)83-50-104-70)84-73(96)66-43-61(92)47-91(66)74(97)71(75(3,4)5)86-69(94)16-12-8-11-15-68(93)82-49-76(6)33-31-64(54-21-25-58(78)26-22-54)57(45-76)46-89-35-37-90(38-36-89)60-27-23-56(24-28-60)72(95)87-106(100,101)63-29-30-65(67(44-63)105(98,99)77(79,80)81)85-59(32-34-88-39-41-102-42-40-88)48-103-62-13-9-7-10-14-62/h7,9-10,13-14,17-30,44,50-51,59,61,66,71,85,92H,8,11-12,15-16,31-43,45-49H2,1-6H3,(H,82,93)(H,84,96)(H,86,94)(H,87,95). The summed E-state index contributed by atoms with van der Waals surface area (Å²) in [6, 6.07) is 30.8. The smallest absolute Gasteiger partial charge is 0.391 e. The number of aryl methyl sites for hydroxylation is 1. The van der Waals surface area contributed by atoms with Gasteiger partial charge in [0.2, 0.25) is 23.6 Å². The number of morpholine rings is 1. The molecular weight excluding hydrogens is 1460 g/mol. The number of carbonyl (C=O) groups excluding carboxylic acids is 5. The molecule has 3 aliphatic heterocycles. The molecule has 3 fully saturated rings. The van der Waals surface area contributed by atoms with E-state index in [9.17, 15) is 59.1 Å². The van der Waals surface area contributed by atoms with Gasteiger partial charge in [0.05, 0.1) is 52.0 Å². The van der Waals surface area contributed by atoms with Gasteiger partial charge in [0.1, 0.15) is 17.0 Å². The average Bonchev–Trinajstić information content (AvgIpc) is 1.51. The minimum atomic E-state index is -6.12. The van der Waals surface area contributed by atoms with Crippen molar-refractivity contribution >= 4 is 101 Å². The number of rotatable bonds is 30. The van der Waals surface area contributed by atoms with Crippen LogP contribution in [-0.2, 0) is 43.8 Å². The van der Waals surface area contributed by atoms with Gasteiger partial charge in [-0.3, -0.25) is 33.8 Å². The van der Waals surface area contributed by atoms with E-state index in [0.29, 0.717) is 115 Å². The predicted octanol–water partition coefficient (Wildman–Crippen LogP) is 11.7. The van der Waals surface area contributed by atoms with Crippen LogP contribution in [0.4, 0.5) is 24.5 Å². The first-order valence-electron chi connectivity index (χ1n) is 36.0. The largest absolute Gasteiger partial charge is 0.501 e. The molecule has 29 heteroatoms. The molecule has 0 saturated carbocycles. The Morgan fingerprint density at radius 2 is 1.48 bits per heavy atom. The molecular formula is C77H96ClF3N10O11S4. The fraction of sp³-hybridized carbons (Fsp3) is 0.481. The van der Waals surface area contributed by atoms with Crippen molar-refractivity contribution in [3.63, 3.8) is 0 Å².